The smallest absolute Gasteiger partial charge is 0.153 e. The molecule has 0 aromatic heterocycles. The van der Waals surface area contributed by atoms with Crippen LogP contribution in [0.25, 0.3) is 0 Å². The maximum absolute atomic E-state index is 10.8. The van der Waals surface area contributed by atoms with Crippen LogP contribution in [0.1, 0.15) is 15.9 Å². The van der Waals surface area contributed by atoms with E-state index in [9.17, 15) is 4.79 Å². The lowest BCUT2D eigenvalue weighted by Crippen LogP contribution is -2.16. The lowest BCUT2D eigenvalue weighted by molar-refractivity contribution is 0.112. The molecule has 0 amide bonds. The Morgan fingerprint density at radius 2 is 2.00 bits per heavy atom. The largest absolute Gasteiger partial charge is 0.496 e. The Bertz CT molecular complexity index is 447. The van der Waals surface area contributed by atoms with Gasteiger partial charge in [0.2, 0.25) is 0 Å². The summed E-state index contributed by atoms with van der Waals surface area (Å²) in [5, 5.41) is 0. The standard InChI is InChI=1S/C13H16O2Si/c1-15-13-6-5-11(9-12(13)10-14)7-8-16(2,3)4/h5-6,9-10H,1-4H3. The van der Waals surface area contributed by atoms with E-state index in [1.165, 1.54) is 0 Å². The minimum absolute atomic E-state index is 0.546. The van der Waals surface area contributed by atoms with Gasteiger partial charge in [-0.15, -0.1) is 5.54 Å². The zero-order chi connectivity index (χ0) is 12.2. The summed E-state index contributed by atoms with van der Waals surface area (Å²) >= 11 is 0. The summed E-state index contributed by atoms with van der Waals surface area (Å²) in [6.45, 7) is 6.55. The van der Waals surface area contributed by atoms with Gasteiger partial charge in [0.15, 0.2) is 6.29 Å². The first kappa shape index (κ1) is 12.5. The predicted molar refractivity (Wildman–Crippen MR) is 68.6 cm³/mol. The molecule has 0 N–H and O–H groups in total. The minimum atomic E-state index is -1.37. The van der Waals surface area contributed by atoms with Gasteiger partial charge >= 0.3 is 0 Å². The van der Waals surface area contributed by atoms with Crippen molar-refractivity contribution in [3.8, 4) is 17.2 Å². The molecular weight excluding hydrogens is 216 g/mol. The van der Waals surface area contributed by atoms with E-state index in [0.717, 1.165) is 11.8 Å². The van der Waals surface area contributed by atoms with Crippen LogP contribution < -0.4 is 4.74 Å². The molecule has 0 atom stereocenters. The van der Waals surface area contributed by atoms with E-state index in [1.54, 1.807) is 19.2 Å². The zero-order valence-corrected chi connectivity index (χ0v) is 11.1. The second-order valence-corrected chi connectivity index (χ2v) is 9.32. The molecule has 0 aliphatic heterocycles. The Kier molecular flexibility index (Phi) is 3.91. The van der Waals surface area contributed by atoms with Crippen LogP contribution in [-0.2, 0) is 0 Å². The van der Waals surface area contributed by atoms with E-state index in [0.29, 0.717) is 11.3 Å². The second-order valence-electron chi connectivity index (χ2n) is 4.57. The van der Waals surface area contributed by atoms with Crippen LogP contribution in [-0.4, -0.2) is 21.5 Å². The van der Waals surface area contributed by atoms with Crippen LogP contribution in [0.2, 0.25) is 19.6 Å². The van der Waals surface area contributed by atoms with Gasteiger partial charge in [-0.1, -0.05) is 25.6 Å². The number of methoxy groups -OCH3 is 1. The van der Waals surface area contributed by atoms with Gasteiger partial charge in [-0.25, -0.2) is 0 Å². The number of hydrogen-bond donors (Lipinski definition) is 0. The molecule has 0 spiro atoms. The lowest BCUT2D eigenvalue weighted by atomic mass is 10.1. The number of ether oxygens (including phenoxy) is 1. The molecule has 16 heavy (non-hydrogen) atoms. The van der Waals surface area contributed by atoms with Gasteiger partial charge in [-0.05, 0) is 18.2 Å². The highest BCUT2D eigenvalue weighted by molar-refractivity contribution is 6.83. The lowest BCUT2D eigenvalue weighted by Gasteiger charge is -2.05. The van der Waals surface area contributed by atoms with E-state index in [2.05, 4.69) is 31.1 Å². The molecule has 1 rings (SSSR count). The zero-order valence-electron chi connectivity index (χ0n) is 10.1. The van der Waals surface area contributed by atoms with E-state index >= 15 is 0 Å². The Labute approximate surface area is 97.6 Å². The highest BCUT2D eigenvalue weighted by Crippen LogP contribution is 2.17. The van der Waals surface area contributed by atoms with Gasteiger partial charge in [-0.2, -0.15) is 0 Å². The van der Waals surface area contributed by atoms with Crippen LogP contribution >= 0.6 is 0 Å². The molecule has 2 nitrogen and oxygen atoms in total. The van der Waals surface area contributed by atoms with E-state index in [1.807, 2.05) is 6.07 Å². The van der Waals surface area contributed by atoms with Gasteiger partial charge in [-0.3, -0.25) is 4.79 Å². The van der Waals surface area contributed by atoms with Gasteiger partial charge in [0, 0.05) is 5.56 Å². The van der Waals surface area contributed by atoms with E-state index in [-0.39, 0.29) is 0 Å². The molecule has 0 saturated carbocycles. The minimum Gasteiger partial charge on any atom is -0.496 e. The maximum atomic E-state index is 10.8. The normalized spacial score (nSPS) is 10.2. The van der Waals surface area contributed by atoms with Crippen molar-refractivity contribution in [3.63, 3.8) is 0 Å². The third kappa shape index (κ3) is 3.56. The molecule has 1 aromatic carbocycles. The average Bonchev–Trinajstić information content (AvgIpc) is 2.25. The Morgan fingerprint density at radius 3 is 2.50 bits per heavy atom. The fourth-order valence-electron chi connectivity index (χ4n) is 1.16. The van der Waals surface area contributed by atoms with Crippen LogP contribution in [0, 0.1) is 11.5 Å². The molecule has 0 heterocycles. The fourth-order valence-corrected chi connectivity index (χ4v) is 1.68. The maximum Gasteiger partial charge on any atom is 0.153 e. The third-order valence-corrected chi connectivity index (χ3v) is 2.81. The molecule has 3 heteroatoms. The van der Waals surface area contributed by atoms with Crippen molar-refractivity contribution in [2.45, 2.75) is 19.6 Å². The molecule has 0 bridgehead atoms. The van der Waals surface area contributed by atoms with Crippen molar-refractivity contribution in [2.75, 3.05) is 7.11 Å². The Balaban J connectivity index is 3.08. The summed E-state index contributed by atoms with van der Waals surface area (Å²) in [6, 6.07) is 5.41. The van der Waals surface area contributed by atoms with Crippen molar-refractivity contribution in [1.29, 1.82) is 0 Å². The Morgan fingerprint density at radius 1 is 1.31 bits per heavy atom. The summed E-state index contributed by atoms with van der Waals surface area (Å²) in [7, 11) is 0.181. The number of hydrogen-bond acceptors (Lipinski definition) is 2. The number of benzene rings is 1. The summed E-state index contributed by atoms with van der Waals surface area (Å²) in [5.41, 5.74) is 4.67. The van der Waals surface area contributed by atoms with Crippen molar-refractivity contribution < 1.29 is 9.53 Å². The van der Waals surface area contributed by atoms with Gasteiger partial charge < -0.3 is 4.74 Å². The van der Waals surface area contributed by atoms with E-state index in [4.69, 9.17) is 4.74 Å². The van der Waals surface area contributed by atoms with Gasteiger partial charge in [0.1, 0.15) is 13.8 Å². The quantitative estimate of drug-likeness (QED) is 0.445. The van der Waals surface area contributed by atoms with Crippen LogP contribution in [0.15, 0.2) is 18.2 Å². The van der Waals surface area contributed by atoms with Crippen molar-refractivity contribution >= 4 is 14.4 Å². The van der Waals surface area contributed by atoms with Crippen molar-refractivity contribution in [3.05, 3.63) is 29.3 Å². The fraction of sp³-hybridized carbons (Fsp3) is 0.308. The predicted octanol–water partition coefficient (Wildman–Crippen LogP) is 2.74. The molecule has 0 saturated heterocycles. The SMILES string of the molecule is COc1ccc(C#C[Si](C)(C)C)cc1C=O. The molecule has 0 aliphatic carbocycles. The second kappa shape index (κ2) is 5.00. The van der Waals surface area contributed by atoms with Gasteiger partial charge in [0.05, 0.1) is 12.7 Å². The molecule has 0 radical (unpaired) electrons. The van der Waals surface area contributed by atoms with Gasteiger partial charge in [0.25, 0.3) is 0 Å². The monoisotopic (exact) mass is 232 g/mol. The van der Waals surface area contributed by atoms with Crippen molar-refractivity contribution in [2.24, 2.45) is 0 Å². The molecule has 84 valence electrons. The molecule has 0 aliphatic rings. The van der Waals surface area contributed by atoms with Crippen LogP contribution in [0.5, 0.6) is 5.75 Å². The Hall–Kier alpha value is -1.53. The first-order chi connectivity index (χ1) is 7.46. The molecule has 1 aromatic rings. The number of rotatable bonds is 2. The summed E-state index contributed by atoms with van der Waals surface area (Å²) in [6.07, 6.45) is 0.790. The highest BCUT2D eigenvalue weighted by Gasteiger charge is 2.08. The first-order valence-electron chi connectivity index (χ1n) is 5.12. The number of aldehydes is 1. The third-order valence-electron chi connectivity index (χ3n) is 1.94. The summed E-state index contributed by atoms with van der Waals surface area (Å²) in [4.78, 5) is 10.8. The molecular formula is C13H16O2Si. The van der Waals surface area contributed by atoms with E-state index < -0.39 is 8.07 Å². The topological polar surface area (TPSA) is 26.3 Å². The summed E-state index contributed by atoms with van der Waals surface area (Å²) in [5.74, 6) is 3.70. The number of carbonyl (C=O) groups excluding carboxylic acids is 1. The molecule has 0 fully saturated rings. The summed E-state index contributed by atoms with van der Waals surface area (Å²) < 4.78 is 5.07. The highest BCUT2D eigenvalue weighted by atomic mass is 28.3. The molecule has 0 unspecified atom stereocenters. The first-order valence-corrected chi connectivity index (χ1v) is 8.62. The van der Waals surface area contributed by atoms with Crippen molar-refractivity contribution in [1.82, 2.24) is 0 Å². The average molecular weight is 232 g/mol. The van der Waals surface area contributed by atoms with Crippen LogP contribution in [0.3, 0.4) is 0 Å². The van der Waals surface area contributed by atoms with Crippen LogP contribution in [0.4, 0.5) is 0 Å². The number of carbonyl (C=O) groups is 1.